The third-order valence-corrected chi connectivity index (χ3v) is 8.26. The summed E-state index contributed by atoms with van der Waals surface area (Å²) in [5, 5.41) is 1.84. The molecule has 1 fully saturated rings. The molecule has 0 spiro atoms. The predicted molar refractivity (Wildman–Crippen MR) is 128 cm³/mol. The summed E-state index contributed by atoms with van der Waals surface area (Å²) in [7, 11) is -3.90. The molecule has 4 aromatic rings. The number of benzene rings is 1. The number of hydrogen-bond acceptors (Lipinski definition) is 8. The van der Waals surface area contributed by atoms with Crippen LogP contribution in [0.3, 0.4) is 0 Å². The van der Waals surface area contributed by atoms with Crippen LogP contribution in [0.25, 0.3) is 21.6 Å². The molecule has 0 bridgehead atoms. The van der Waals surface area contributed by atoms with Crippen molar-refractivity contribution in [3.05, 3.63) is 47.9 Å². The van der Waals surface area contributed by atoms with Crippen LogP contribution in [-0.4, -0.2) is 53.8 Å². The van der Waals surface area contributed by atoms with E-state index < -0.39 is 22.1 Å². The van der Waals surface area contributed by atoms with E-state index >= 15 is 0 Å². The van der Waals surface area contributed by atoms with Gasteiger partial charge in [-0.05, 0) is 50.1 Å². The average molecular weight is 539 g/mol. The summed E-state index contributed by atoms with van der Waals surface area (Å²) in [4.78, 5) is 19.4. The van der Waals surface area contributed by atoms with Crippen molar-refractivity contribution >= 4 is 38.2 Å². The lowest BCUT2D eigenvalue weighted by molar-refractivity contribution is -0.274. The standard InChI is InChI=1S/C22H21F3N6O3S2/c1-13-26-11-19(35-13)18-10-17-20(29-18)27-12-28-21(17)31-8-6-14(7-9-31)30-36(32,33)16-4-2-15(3-5-16)34-22(23,24)25/h2-5,10-12,14,30H,6-9H2,1H3,(H,27,28,29). The summed E-state index contributed by atoms with van der Waals surface area (Å²) in [6.07, 6.45) is -0.468. The smallest absolute Gasteiger partial charge is 0.406 e. The number of nitrogens with zero attached hydrogens (tertiary/aromatic N) is 4. The second-order valence-corrected chi connectivity index (χ2v) is 11.2. The zero-order valence-corrected chi connectivity index (χ0v) is 20.5. The van der Waals surface area contributed by atoms with Crippen LogP contribution in [0.15, 0.2) is 47.8 Å². The topological polar surface area (TPSA) is 113 Å². The van der Waals surface area contributed by atoms with E-state index in [1.807, 2.05) is 19.2 Å². The fourth-order valence-corrected chi connectivity index (χ4v) is 6.17. The monoisotopic (exact) mass is 538 g/mol. The van der Waals surface area contributed by atoms with E-state index in [-0.39, 0.29) is 10.9 Å². The largest absolute Gasteiger partial charge is 0.573 e. The number of H-pyrrole nitrogens is 1. The van der Waals surface area contributed by atoms with Crippen LogP contribution in [0.5, 0.6) is 5.75 Å². The maximum absolute atomic E-state index is 12.7. The Hall–Kier alpha value is -3.23. The first-order chi connectivity index (χ1) is 17.1. The van der Waals surface area contributed by atoms with Crippen molar-refractivity contribution in [1.82, 2.24) is 24.7 Å². The molecule has 1 saturated heterocycles. The minimum atomic E-state index is -4.84. The third-order valence-electron chi connectivity index (χ3n) is 5.78. The Balaban J connectivity index is 1.25. The van der Waals surface area contributed by atoms with Gasteiger partial charge in [0.2, 0.25) is 10.0 Å². The summed E-state index contributed by atoms with van der Waals surface area (Å²) >= 11 is 1.58. The van der Waals surface area contributed by atoms with Gasteiger partial charge in [-0.1, -0.05) is 0 Å². The molecule has 0 saturated carbocycles. The van der Waals surface area contributed by atoms with E-state index in [0.717, 1.165) is 51.0 Å². The Morgan fingerprint density at radius 3 is 2.50 bits per heavy atom. The maximum atomic E-state index is 12.7. The number of anilines is 1. The van der Waals surface area contributed by atoms with E-state index in [1.54, 1.807) is 11.3 Å². The number of nitrogens with one attached hydrogen (secondary N) is 2. The third kappa shape index (κ3) is 5.29. The summed E-state index contributed by atoms with van der Waals surface area (Å²) in [6.45, 7) is 3.08. The van der Waals surface area contributed by atoms with Crippen LogP contribution < -0.4 is 14.4 Å². The van der Waals surface area contributed by atoms with Crippen LogP contribution in [0.4, 0.5) is 19.0 Å². The van der Waals surface area contributed by atoms with Gasteiger partial charge in [0, 0.05) is 25.3 Å². The van der Waals surface area contributed by atoms with Crippen molar-refractivity contribution in [3.63, 3.8) is 0 Å². The highest BCUT2D eigenvalue weighted by Gasteiger charge is 2.31. The van der Waals surface area contributed by atoms with Crippen LogP contribution in [0, 0.1) is 6.92 Å². The fourth-order valence-electron chi connectivity index (χ4n) is 4.11. The number of aryl methyl sites for hydroxylation is 1. The summed E-state index contributed by atoms with van der Waals surface area (Å²) in [5.41, 5.74) is 1.62. The number of hydrogen-bond donors (Lipinski definition) is 2. The minimum Gasteiger partial charge on any atom is -0.406 e. The molecule has 5 rings (SSSR count). The molecular weight excluding hydrogens is 517 g/mol. The zero-order valence-electron chi connectivity index (χ0n) is 18.9. The Morgan fingerprint density at radius 1 is 1.14 bits per heavy atom. The maximum Gasteiger partial charge on any atom is 0.573 e. The number of aromatic amines is 1. The minimum absolute atomic E-state index is 0.130. The molecule has 1 aliphatic rings. The normalized spacial score (nSPS) is 15.5. The van der Waals surface area contributed by atoms with Crippen molar-refractivity contribution in [2.75, 3.05) is 18.0 Å². The van der Waals surface area contributed by atoms with Gasteiger partial charge in [0.1, 0.15) is 23.5 Å². The molecule has 0 atom stereocenters. The van der Waals surface area contributed by atoms with Crippen LogP contribution in [-0.2, 0) is 10.0 Å². The van der Waals surface area contributed by atoms with Gasteiger partial charge < -0.3 is 14.6 Å². The fraction of sp³-hybridized carbons (Fsp3) is 0.318. The molecule has 3 aromatic heterocycles. The number of fused-ring (bicyclic) bond motifs is 1. The number of thiazole rings is 1. The molecule has 14 heteroatoms. The molecule has 36 heavy (non-hydrogen) atoms. The second-order valence-electron chi connectivity index (χ2n) is 8.29. The van der Waals surface area contributed by atoms with E-state index in [0.29, 0.717) is 31.6 Å². The molecule has 4 heterocycles. The molecule has 2 N–H and O–H groups in total. The van der Waals surface area contributed by atoms with Gasteiger partial charge in [-0.2, -0.15) is 0 Å². The van der Waals surface area contributed by atoms with Gasteiger partial charge in [-0.3, -0.25) is 0 Å². The van der Waals surface area contributed by atoms with Crippen LogP contribution >= 0.6 is 11.3 Å². The van der Waals surface area contributed by atoms with Crippen molar-refractivity contribution in [2.45, 2.75) is 37.1 Å². The van der Waals surface area contributed by atoms with Gasteiger partial charge in [-0.15, -0.1) is 24.5 Å². The number of rotatable bonds is 6. The lowest BCUT2D eigenvalue weighted by Gasteiger charge is -2.33. The zero-order chi connectivity index (χ0) is 25.5. The molecule has 1 aliphatic heterocycles. The molecule has 0 amide bonds. The summed E-state index contributed by atoms with van der Waals surface area (Å²) in [6, 6.07) is 5.80. The van der Waals surface area contributed by atoms with Crippen molar-refractivity contribution in [1.29, 1.82) is 0 Å². The second kappa shape index (κ2) is 9.33. The molecule has 1 aromatic carbocycles. The van der Waals surface area contributed by atoms with E-state index in [1.165, 1.54) is 6.33 Å². The Morgan fingerprint density at radius 2 is 1.86 bits per heavy atom. The quantitative estimate of drug-likeness (QED) is 0.378. The predicted octanol–water partition coefficient (Wildman–Crippen LogP) is 4.24. The van der Waals surface area contributed by atoms with Gasteiger partial charge >= 0.3 is 6.36 Å². The van der Waals surface area contributed by atoms with E-state index in [4.69, 9.17) is 0 Å². The van der Waals surface area contributed by atoms with E-state index in [9.17, 15) is 21.6 Å². The van der Waals surface area contributed by atoms with Crippen molar-refractivity contribution in [2.24, 2.45) is 0 Å². The average Bonchev–Trinajstić information content (AvgIpc) is 3.45. The van der Waals surface area contributed by atoms with Crippen LogP contribution in [0.1, 0.15) is 17.8 Å². The number of sulfonamides is 1. The number of aromatic nitrogens is 4. The SMILES string of the molecule is Cc1ncc(-c2cc3c(N4CCC(NS(=O)(=O)c5ccc(OC(F)(F)F)cc5)CC4)ncnc3[nH]2)s1. The Labute approximate surface area is 208 Å². The lowest BCUT2D eigenvalue weighted by atomic mass is 10.1. The Kier molecular flexibility index (Phi) is 6.34. The lowest BCUT2D eigenvalue weighted by Crippen LogP contribution is -2.44. The molecular formula is C22H21F3N6O3S2. The van der Waals surface area contributed by atoms with Crippen molar-refractivity contribution in [3.8, 4) is 16.3 Å². The number of alkyl halides is 3. The first kappa shape index (κ1) is 24.5. The first-order valence-corrected chi connectivity index (χ1v) is 13.3. The highest BCUT2D eigenvalue weighted by atomic mass is 32.2. The highest BCUT2D eigenvalue weighted by molar-refractivity contribution is 7.89. The summed E-state index contributed by atoms with van der Waals surface area (Å²) in [5.74, 6) is 0.287. The molecule has 0 radical (unpaired) electrons. The Bertz CT molecular complexity index is 1480. The van der Waals surface area contributed by atoms with Crippen molar-refractivity contribution < 1.29 is 26.3 Å². The number of ether oxygens (including phenoxy) is 1. The first-order valence-electron chi connectivity index (χ1n) is 11.0. The molecule has 0 unspecified atom stereocenters. The van der Waals surface area contributed by atoms with Gasteiger partial charge in [0.05, 0.1) is 25.9 Å². The van der Waals surface area contributed by atoms with Gasteiger partial charge in [0.25, 0.3) is 0 Å². The number of piperidine rings is 1. The van der Waals surface area contributed by atoms with Crippen LogP contribution in [0.2, 0.25) is 0 Å². The van der Waals surface area contributed by atoms with E-state index in [2.05, 4.69) is 34.3 Å². The number of halogens is 3. The molecule has 0 aliphatic carbocycles. The highest BCUT2D eigenvalue weighted by Crippen LogP contribution is 2.32. The van der Waals surface area contributed by atoms with Gasteiger partial charge in [0.15, 0.2) is 0 Å². The molecule has 9 nitrogen and oxygen atoms in total. The van der Waals surface area contributed by atoms with Gasteiger partial charge in [-0.25, -0.2) is 28.1 Å². The molecule has 190 valence electrons. The summed E-state index contributed by atoms with van der Waals surface area (Å²) < 4.78 is 69.0.